The van der Waals surface area contributed by atoms with Crippen LogP contribution >= 0.6 is 0 Å². The van der Waals surface area contributed by atoms with Gasteiger partial charge in [-0.1, -0.05) is 65.8 Å². The molecule has 0 N–H and O–H groups in total. The molecule has 0 radical (unpaired) electrons. The normalized spacial score (nSPS) is 40.9. The van der Waals surface area contributed by atoms with E-state index in [1.807, 2.05) is 0 Å². The molecule has 268 valence electrons. The average molecular weight is 689 g/mol. The van der Waals surface area contributed by atoms with E-state index in [0.717, 1.165) is 43.9 Å². The second-order valence-electron chi connectivity index (χ2n) is 17.2. The van der Waals surface area contributed by atoms with Gasteiger partial charge in [0.2, 0.25) is 0 Å². The van der Waals surface area contributed by atoms with Gasteiger partial charge in [0.05, 0.1) is 33.3 Å². The summed E-state index contributed by atoms with van der Waals surface area (Å²) in [6.07, 6.45) is 14.0. The van der Waals surface area contributed by atoms with Crippen LogP contribution in [0.2, 0.25) is 0 Å². The van der Waals surface area contributed by atoms with Crippen molar-refractivity contribution in [3.8, 4) is 0 Å². The molecule has 1 aromatic carbocycles. The standard InChI is InChI=1S/C39H48N2O9/c1-21(2)22(3)7-8-23(4)28-9-10-29-36(28,5)13-12-30-37(6)14-11-27(49-33(42)24-17-25(40(45)46)19-26(18-24)41(47)48)20-38(37)15-16-39(29,30)32-31(38)34(43)50-35(32)44/h7-8,15-19,21-23,27-32H,9-14,20H2,1-6H3/b8-7+/t22-,23+,27?,28?,29?,30?,31?,32?,36?,37-,38?,39?/m0/s1. The van der Waals surface area contributed by atoms with E-state index in [-0.39, 0.29) is 28.2 Å². The van der Waals surface area contributed by atoms with E-state index in [1.165, 1.54) is 0 Å². The van der Waals surface area contributed by atoms with Gasteiger partial charge in [-0.05, 0) is 91.3 Å². The van der Waals surface area contributed by atoms with Crippen molar-refractivity contribution in [1.82, 2.24) is 0 Å². The number of nitro groups is 2. The summed E-state index contributed by atoms with van der Waals surface area (Å²) in [7, 11) is 0. The fourth-order valence-corrected chi connectivity index (χ4v) is 12.4. The van der Waals surface area contributed by atoms with Crippen molar-refractivity contribution in [2.75, 3.05) is 0 Å². The molecule has 6 aliphatic carbocycles. The number of fused-ring (bicyclic) bond motifs is 1. The van der Waals surface area contributed by atoms with Gasteiger partial charge in [-0.25, -0.2) is 4.79 Å². The SMILES string of the molecule is CC(C)[C@@H](C)/C=C/[C@@H](C)C1CCC2C1(C)CCC1C23C=CC2(CC(OC(=O)c4cc([N+](=O)[O-])cc([N+](=O)[O-])c4)CC[C@@]12C)C1C(=O)OC(=O)C13. The molecular weight excluding hydrogens is 640 g/mol. The predicted molar refractivity (Wildman–Crippen MR) is 182 cm³/mol. The molecule has 0 amide bonds. The summed E-state index contributed by atoms with van der Waals surface area (Å²) in [5.41, 5.74) is -3.11. The summed E-state index contributed by atoms with van der Waals surface area (Å²) in [5.74, 6) is -0.897. The first-order valence-corrected chi connectivity index (χ1v) is 18.3. The number of ether oxygens (including phenoxy) is 2. The molecule has 0 aromatic heterocycles. The Hall–Kier alpha value is -3.89. The number of allylic oxidation sites excluding steroid dienone is 4. The zero-order chi connectivity index (χ0) is 36.1. The summed E-state index contributed by atoms with van der Waals surface area (Å²) in [4.78, 5) is 62.5. The van der Waals surface area contributed by atoms with Crippen LogP contribution in [-0.2, 0) is 19.1 Å². The molecule has 2 spiro atoms. The third kappa shape index (κ3) is 4.63. The van der Waals surface area contributed by atoms with Crippen molar-refractivity contribution in [1.29, 1.82) is 0 Å². The number of rotatable bonds is 8. The number of cyclic esters (lactones) is 2. The van der Waals surface area contributed by atoms with E-state index >= 15 is 0 Å². The van der Waals surface area contributed by atoms with E-state index in [2.05, 4.69) is 65.8 Å². The highest BCUT2D eigenvalue weighted by atomic mass is 16.6. The lowest BCUT2D eigenvalue weighted by molar-refractivity contribution is -0.394. The van der Waals surface area contributed by atoms with Crippen LogP contribution in [0.4, 0.5) is 11.4 Å². The highest BCUT2D eigenvalue weighted by Crippen LogP contribution is 2.82. The Morgan fingerprint density at radius 2 is 1.54 bits per heavy atom. The molecule has 1 aromatic rings. The minimum absolute atomic E-state index is 0.0104. The minimum atomic E-state index is -0.898. The quantitative estimate of drug-likeness (QED) is 0.0867. The molecule has 8 rings (SSSR count). The lowest BCUT2D eigenvalue weighted by Crippen LogP contribution is -2.72. The Balaban J connectivity index is 1.23. The van der Waals surface area contributed by atoms with Crippen LogP contribution in [0, 0.1) is 89.2 Å². The minimum Gasteiger partial charge on any atom is -0.459 e. The van der Waals surface area contributed by atoms with Crippen molar-refractivity contribution in [3.05, 3.63) is 68.3 Å². The van der Waals surface area contributed by atoms with Gasteiger partial charge in [-0.3, -0.25) is 29.8 Å². The number of carbonyl (C=O) groups is 3. The maximum atomic E-state index is 13.9. The number of nitro benzene ring substituents is 2. The Kier molecular flexibility index (Phi) is 7.99. The zero-order valence-electron chi connectivity index (χ0n) is 29.8. The number of benzene rings is 1. The summed E-state index contributed by atoms with van der Waals surface area (Å²) in [5, 5.41) is 22.9. The molecule has 1 saturated heterocycles. The van der Waals surface area contributed by atoms with Crippen molar-refractivity contribution < 1.29 is 33.7 Å². The maximum absolute atomic E-state index is 13.9. The molecule has 12 atom stereocenters. The fourth-order valence-electron chi connectivity index (χ4n) is 12.4. The highest BCUT2D eigenvalue weighted by Gasteiger charge is 2.81. The van der Waals surface area contributed by atoms with Crippen LogP contribution < -0.4 is 0 Å². The first-order chi connectivity index (χ1) is 23.5. The maximum Gasteiger partial charge on any atom is 0.338 e. The third-order valence-corrected chi connectivity index (χ3v) is 15.0. The number of hydrogen-bond donors (Lipinski definition) is 0. The van der Waals surface area contributed by atoms with E-state index in [1.54, 1.807) is 0 Å². The number of hydrogen-bond acceptors (Lipinski definition) is 9. The Labute approximate surface area is 292 Å². The van der Waals surface area contributed by atoms with Gasteiger partial charge in [0.1, 0.15) is 6.10 Å². The van der Waals surface area contributed by atoms with Crippen LogP contribution in [0.5, 0.6) is 0 Å². The molecule has 1 heterocycles. The van der Waals surface area contributed by atoms with Gasteiger partial charge in [-0.2, -0.15) is 0 Å². The molecule has 7 aliphatic rings. The molecule has 1 aliphatic heterocycles. The third-order valence-electron chi connectivity index (χ3n) is 15.0. The topological polar surface area (TPSA) is 156 Å². The number of non-ortho nitro benzene ring substituents is 2. The van der Waals surface area contributed by atoms with Crippen LogP contribution in [0.25, 0.3) is 0 Å². The monoisotopic (exact) mass is 688 g/mol. The van der Waals surface area contributed by atoms with E-state index in [9.17, 15) is 34.6 Å². The second-order valence-corrected chi connectivity index (χ2v) is 17.2. The first-order valence-electron chi connectivity index (χ1n) is 18.3. The van der Waals surface area contributed by atoms with Gasteiger partial charge in [-0.15, -0.1) is 0 Å². The highest BCUT2D eigenvalue weighted by molar-refractivity contribution is 5.99. The predicted octanol–water partition coefficient (Wildman–Crippen LogP) is 8.02. The lowest BCUT2D eigenvalue weighted by Gasteiger charge is -2.74. The zero-order valence-corrected chi connectivity index (χ0v) is 29.8. The first kappa shape index (κ1) is 34.6. The smallest absolute Gasteiger partial charge is 0.338 e. The second kappa shape index (κ2) is 11.6. The summed E-state index contributed by atoms with van der Waals surface area (Å²) in [6.45, 7) is 13.8. The molecule has 4 saturated carbocycles. The van der Waals surface area contributed by atoms with Gasteiger partial charge < -0.3 is 9.47 Å². The molecular formula is C39H48N2O9. The fraction of sp³-hybridized carbons (Fsp3) is 0.667. The van der Waals surface area contributed by atoms with Gasteiger partial charge >= 0.3 is 17.9 Å². The van der Waals surface area contributed by atoms with Gasteiger partial charge in [0, 0.05) is 23.0 Å². The molecule has 11 heteroatoms. The summed E-state index contributed by atoms with van der Waals surface area (Å²) >= 11 is 0. The Morgan fingerprint density at radius 1 is 0.880 bits per heavy atom. The largest absolute Gasteiger partial charge is 0.459 e. The molecule has 50 heavy (non-hydrogen) atoms. The van der Waals surface area contributed by atoms with Crippen molar-refractivity contribution in [2.24, 2.45) is 69.0 Å². The van der Waals surface area contributed by atoms with Gasteiger partial charge in [0.15, 0.2) is 0 Å². The van der Waals surface area contributed by atoms with Crippen molar-refractivity contribution in [3.63, 3.8) is 0 Å². The van der Waals surface area contributed by atoms with E-state index in [0.29, 0.717) is 42.9 Å². The van der Waals surface area contributed by atoms with E-state index < -0.39 is 67.9 Å². The molecule has 2 bridgehead atoms. The van der Waals surface area contributed by atoms with E-state index in [4.69, 9.17) is 9.47 Å². The molecule has 5 fully saturated rings. The van der Waals surface area contributed by atoms with Crippen LogP contribution in [0.3, 0.4) is 0 Å². The Bertz CT molecular complexity index is 1700. The Morgan fingerprint density at radius 3 is 2.18 bits per heavy atom. The van der Waals surface area contributed by atoms with Crippen LogP contribution in [0.15, 0.2) is 42.5 Å². The van der Waals surface area contributed by atoms with Crippen LogP contribution in [0.1, 0.15) is 96.8 Å². The lowest BCUT2D eigenvalue weighted by atomic mass is 9.28. The number of esters is 3. The van der Waals surface area contributed by atoms with Crippen molar-refractivity contribution in [2.45, 2.75) is 92.6 Å². The summed E-state index contributed by atoms with van der Waals surface area (Å²) in [6, 6.07) is 2.77. The van der Waals surface area contributed by atoms with Crippen LogP contribution in [-0.4, -0.2) is 33.9 Å². The average Bonchev–Trinajstić information content (AvgIpc) is 3.59. The summed E-state index contributed by atoms with van der Waals surface area (Å²) < 4.78 is 11.5. The number of nitrogens with zero attached hydrogens (tertiary/aromatic N) is 2. The van der Waals surface area contributed by atoms with Crippen molar-refractivity contribution >= 4 is 29.3 Å². The number of carbonyl (C=O) groups excluding carboxylic acids is 3. The molecule has 9 unspecified atom stereocenters. The molecule has 11 nitrogen and oxygen atoms in total. The van der Waals surface area contributed by atoms with Gasteiger partial charge in [0.25, 0.3) is 11.4 Å².